The number of nitrogens with one attached hydrogen (secondary N) is 1. The van der Waals surface area contributed by atoms with E-state index in [1.54, 1.807) is 7.11 Å². The minimum Gasteiger partial charge on any atom is -0.496 e. The van der Waals surface area contributed by atoms with Gasteiger partial charge in [-0.05, 0) is 25.1 Å². The number of hydrogen-bond donors (Lipinski definition) is 1. The highest BCUT2D eigenvalue weighted by Gasteiger charge is 2.29. The van der Waals surface area contributed by atoms with Gasteiger partial charge in [-0.3, -0.25) is 0 Å². The van der Waals surface area contributed by atoms with Crippen molar-refractivity contribution >= 4 is 11.8 Å². The van der Waals surface area contributed by atoms with Gasteiger partial charge in [0, 0.05) is 22.6 Å². The number of fused-ring (bicyclic) bond motifs is 1. The van der Waals surface area contributed by atoms with Gasteiger partial charge in [0.15, 0.2) is 0 Å². The van der Waals surface area contributed by atoms with Gasteiger partial charge in [-0.15, -0.1) is 0 Å². The predicted octanol–water partition coefficient (Wildman–Crippen LogP) is 2.98. The molecule has 0 saturated carbocycles. The number of methoxy groups -OCH3 is 1. The maximum atomic E-state index is 5.43. The van der Waals surface area contributed by atoms with Crippen LogP contribution in [0.15, 0.2) is 18.2 Å². The average molecular weight is 237 g/mol. The summed E-state index contributed by atoms with van der Waals surface area (Å²) in [6.45, 7) is 2.26. The Hall–Kier alpha value is -0.670. The number of hydrogen-bond acceptors (Lipinski definition) is 3. The highest BCUT2D eigenvalue weighted by Crippen LogP contribution is 2.42. The smallest absolute Gasteiger partial charge is 0.123 e. The van der Waals surface area contributed by atoms with E-state index in [4.69, 9.17) is 4.74 Å². The van der Waals surface area contributed by atoms with Crippen molar-refractivity contribution in [1.82, 2.24) is 5.32 Å². The first kappa shape index (κ1) is 11.8. The monoisotopic (exact) mass is 237 g/mol. The van der Waals surface area contributed by atoms with Crippen molar-refractivity contribution in [3.8, 4) is 5.75 Å². The molecular formula is C13H19NOS. The van der Waals surface area contributed by atoms with Gasteiger partial charge in [0.1, 0.15) is 5.75 Å². The van der Waals surface area contributed by atoms with E-state index in [1.165, 1.54) is 17.5 Å². The molecule has 2 rings (SSSR count). The van der Waals surface area contributed by atoms with Crippen molar-refractivity contribution in [3.63, 3.8) is 0 Å². The van der Waals surface area contributed by atoms with Crippen LogP contribution in [0.5, 0.6) is 5.75 Å². The third kappa shape index (κ3) is 1.94. The van der Waals surface area contributed by atoms with Crippen molar-refractivity contribution in [2.45, 2.75) is 30.4 Å². The molecular weight excluding hydrogens is 218 g/mol. The molecule has 1 aliphatic heterocycles. The van der Waals surface area contributed by atoms with Gasteiger partial charge in [0.2, 0.25) is 0 Å². The van der Waals surface area contributed by atoms with Crippen molar-refractivity contribution in [3.05, 3.63) is 29.3 Å². The first-order valence-corrected chi connectivity index (χ1v) is 6.81. The molecule has 0 aliphatic carbocycles. The molecule has 0 radical (unpaired) electrons. The molecule has 1 N–H and O–H groups in total. The van der Waals surface area contributed by atoms with Crippen LogP contribution >= 0.6 is 11.8 Å². The molecule has 2 nitrogen and oxygen atoms in total. The van der Waals surface area contributed by atoms with Crippen LogP contribution in [0, 0.1) is 0 Å². The van der Waals surface area contributed by atoms with E-state index in [0.717, 1.165) is 11.5 Å². The van der Waals surface area contributed by atoms with E-state index < -0.39 is 0 Å². The number of benzene rings is 1. The maximum Gasteiger partial charge on any atom is 0.123 e. The van der Waals surface area contributed by atoms with E-state index in [2.05, 4.69) is 30.4 Å². The zero-order valence-electron chi connectivity index (χ0n) is 10.1. The van der Waals surface area contributed by atoms with E-state index in [1.807, 2.05) is 18.8 Å². The fourth-order valence-corrected chi connectivity index (χ4v) is 3.80. The van der Waals surface area contributed by atoms with Gasteiger partial charge in [0.05, 0.1) is 7.11 Å². The Morgan fingerprint density at radius 2 is 2.31 bits per heavy atom. The fourth-order valence-electron chi connectivity index (χ4n) is 2.40. The number of thioether (sulfide) groups is 1. The quantitative estimate of drug-likeness (QED) is 0.873. The van der Waals surface area contributed by atoms with Crippen molar-refractivity contribution in [2.24, 2.45) is 0 Å². The van der Waals surface area contributed by atoms with Crippen LogP contribution in [0.4, 0.5) is 0 Å². The summed E-state index contributed by atoms with van der Waals surface area (Å²) in [4.78, 5) is 0. The van der Waals surface area contributed by atoms with Crippen LogP contribution < -0.4 is 10.1 Å². The summed E-state index contributed by atoms with van der Waals surface area (Å²) in [6.07, 6.45) is 1.20. The zero-order chi connectivity index (χ0) is 11.5. The lowest BCUT2D eigenvalue weighted by Gasteiger charge is -2.33. The molecule has 1 aromatic rings. The van der Waals surface area contributed by atoms with Crippen LogP contribution in [-0.2, 0) is 5.75 Å². The van der Waals surface area contributed by atoms with Gasteiger partial charge in [-0.2, -0.15) is 11.8 Å². The topological polar surface area (TPSA) is 21.3 Å². The summed E-state index contributed by atoms with van der Waals surface area (Å²) < 4.78 is 5.43. The van der Waals surface area contributed by atoms with Crippen LogP contribution in [0.3, 0.4) is 0 Å². The molecule has 2 unspecified atom stereocenters. The first-order valence-electron chi connectivity index (χ1n) is 5.76. The second-order valence-electron chi connectivity index (χ2n) is 4.05. The number of rotatable bonds is 3. The Labute approximate surface area is 102 Å². The second-order valence-corrected chi connectivity index (χ2v) is 5.28. The molecule has 0 amide bonds. The Kier molecular flexibility index (Phi) is 3.77. The lowest BCUT2D eigenvalue weighted by Crippen LogP contribution is -2.30. The second kappa shape index (κ2) is 5.11. The van der Waals surface area contributed by atoms with Crippen LogP contribution in [0.1, 0.15) is 30.5 Å². The van der Waals surface area contributed by atoms with Gasteiger partial charge >= 0.3 is 0 Å². The Bertz CT molecular complexity index is 367. The van der Waals surface area contributed by atoms with Gasteiger partial charge in [-0.1, -0.05) is 19.1 Å². The minimum atomic E-state index is 0.453. The molecule has 88 valence electrons. The standard InChI is InChI=1S/C13H19NOS/c1-4-12-13(14-2)9-6-5-7-11(15-3)10(9)8-16-12/h5-7,12-14H,4,8H2,1-3H3. The van der Waals surface area contributed by atoms with Crippen molar-refractivity contribution in [1.29, 1.82) is 0 Å². The number of ether oxygens (including phenoxy) is 1. The molecule has 0 fully saturated rings. The molecule has 1 aromatic carbocycles. The summed E-state index contributed by atoms with van der Waals surface area (Å²) in [7, 11) is 3.79. The van der Waals surface area contributed by atoms with E-state index in [-0.39, 0.29) is 0 Å². The highest BCUT2D eigenvalue weighted by molar-refractivity contribution is 7.99. The SMILES string of the molecule is CCC1SCc2c(OC)cccc2C1NC. The van der Waals surface area contributed by atoms with E-state index in [0.29, 0.717) is 11.3 Å². The highest BCUT2D eigenvalue weighted by atomic mass is 32.2. The summed E-state index contributed by atoms with van der Waals surface area (Å²) in [6, 6.07) is 6.82. The molecule has 2 atom stereocenters. The summed E-state index contributed by atoms with van der Waals surface area (Å²) in [5.74, 6) is 2.09. The summed E-state index contributed by atoms with van der Waals surface area (Å²) in [5.41, 5.74) is 2.77. The largest absolute Gasteiger partial charge is 0.496 e. The molecule has 1 aliphatic rings. The normalized spacial score (nSPS) is 23.9. The Balaban J connectivity index is 2.41. The van der Waals surface area contributed by atoms with Crippen molar-refractivity contribution < 1.29 is 4.74 Å². The lowest BCUT2D eigenvalue weighted by atomic mass is 9.96. The van der Waals surface area contributed by atoms with Gasteiger partial charge < -0.3 is 10.1 Å². The minimum absolute atomic E-state index is 0.453. The van der Waals surface area contributed by atoms with Crippen LogP contribution in [-0.4, -0.2) is 19.4 Å². The molecule has 0 aromatic heterocycles. The molecule has 0 bridgehead atoms. The maximum absolute atomic E-state index is 5.43. The Morgan fingerprint density at radius 3 is 2.94 bits per heavy atom. The van der Waals surface area contributed by atoms with E-state index >= 15 is 0 Å². The third-order valence-corrected chi connectivity index (χ3v) is 4.74. The zero-order valence-corrected chi connectivity index (χ0v) is 10.9. The Morgan fingerprint density at radius 1 is 1.50 bits per heavy atom. The van der Waals surface area contributed by atoms with Crippen LogP contribution in [0.2, 0.25) is 0 Å². The van der Waals surface area contributed by atoms with E-state index in [9.17, 15) is 0 Å². The molecule has 1 heterocycles. The van der Waals surface area contributed by atoms with Gasteiger partial charge in [-0.25, -0.2) is 0 Å². The lowest BCUT2D eigenvalue weighted by molar-refractivity contribution is 0.408. The molecule has 16 heavy (non-hydrogen) atoms. The fraction of sp³-hybridized carbons (Fsp3) is 0.538. The van der Waals surface area contributed by atoms with Gasteiger partial charge in [0.25, 0.3) is 0 Å². The first-order chi connectivity index (χ1) is 7.81. The molecule has 3 heteroatoms. The van der Waals surface area contributed by atoms with Crippen molar-refractivity contribution in [2.75, 3.05) is 14.2 Å². The molecule has 0 spiro atoms. The summed E-state index contributed by atoms with van der Waals surface area (Å²) in [5, 5.41) is 4.11. The predicted molar refractivity (Wildman–Crippen MR) is 70.2 cm³/mol. The van der Waals surface area contributed by atoms with Crippen LogP contribution in [0.25, 0.3) is 0 Å². The average Bonchev–Trinajstić information content (AvgIpc) is 2.36. The third-order valence-electron chi connectivity index (χ3n) is 3.25. The summed E-state index contributed by atoms with van der Waals surface area (Å²) >= 11 is 2.03. The molecule has 0 saturated heterocycles.